The Bertz CT molecular complexity index is 219. The first-order valence-electron chi connectivity index (χ1n) is 5.04. The highest BCUT2D eigenvalue weighted by molar-refractivity contribution is 5.78. The summed E-state index contributed by atoms with van der Waals surface area (Å²) in [5.74, 6) is -0.776. The Morgan fingerprint density at radius 3 is 2.43 bits per heavy atom. The summed E-state index contributed by atoms with van der Waals surface area (Å²) in [4.78, 5) is 11.0. The molecule has 3 heteroatoms. The summed E-state index contributed by atoms with van der Waals surface area (Å²) in [5, 5.41) is 12.1. The third kappa shape index (κ3) is 4.42. The number of carbonyl (C=O) groups is 1. The third-order valence-corrected chi connectivity index (χ3v) is 2.22. The maximum atomic E-state index is 11.0. The summed E-state index contributed by atoms with van der Waals surface area (Å²) in [7, 11) is 0. The average molecular weight is 199 g/mol. The Morgan fingerprint density at radius 1 is 1.50 bits per heavy atom. The lowest BCUT2D eigenvalue weighted by Gasteiger charge is -2.25. The molecule has 0 fully saturated rings. The zero-order chi connectivity index (χ0) is 11.2. The summed E-state index contributed by atoms with van der Waals surface area (Å²) >= 11 is 0. The van der Waals surface area contributed by atoms with Crippen molar-refractivity contribution in [2.24, 2.45) is 0 Å². The number of aliphatic carboxylic acids is 1. The second-order valence-corrected chi connectivity index (χ2v) is 4.05. The van der Waals surface area contributed by atoms with Gasteiger partial charge in [0.2, 0.25) is 0 Å². The zero-order valence-corrected chi connectivity index (χ0v) is 9.55. The minimum Gasteiger partial charge on any atom is -0.480 e. The van der Waals surface area contributed by atoms with Crippen LogP contribution in [0.4, 0.5) is 0 Å². The molecular formula is C11H21NO2. The van der Waals surface area contributed by atoms with Crippen LogP contribution < -0.4 is 5.32 Å². The fourth-order valence-electron chi connectivity index (χ4n) is 1.25. The van der Waals surface area contributed by atoms with Gasteiger partial charge in [-0.2, -0.15) is 0 Å². The number of carboxylic acid groups (broad SMARTS) is 1. The van der Waals surface area contributed by atoms with Crippen LogP contribution in [0.15, 0.2) is 11.6 Å². The summed E-state index contributed by atoms with van der Waals surface area (Å²) in [5.41, 5.74) is 0.405. The fraction of sp³-hybridized carbons (Fsp3) is 0.727. The van der Waals surface area contributed by atoms with E-state index in [1.54, 1.807) is 6.92 Å². The molecule has 82 valence electrons. The van der Waals surface area contributed by atoms with Crippen molar-refractivity contribution in [3.05, 3.63) is 11.6 Å². The van der Waals surface area contributed by atoms with E-state index in [2.05, 4.69) is 5.32 Å². The zero-order valence-electron chi connectivity index (χ0n) is 9.55. The lowest BCUT2D eigenvalue weighted by Crippen LogP contribution is -2.49. The second-order valence-electron chi connectivity index (χ2n) is 4.05. The summed E-state index contributed by atoms with van der Waals surface area (Å²) < 4.78 is 0. The Morgan fingerprint density at radius 2 is 2.07 bits per heavy atom. The molecule has 0 aromatic rings. The maximum Gasteiger partial charge on any atom is 0.323 e. The van der Waals surface area contributed by atoms with E-state index in [-0.39, 0.29) is 0 Å². The number of nitrogens with one attached hydrogen (secondary N) is 1. The molecule has 1 atom stereocenters. The first-order valence-corrected chi connectivity index (χ1v) is 5.04. The van der Waals surface area contributed by atoms with Crippen LogP contribution in [0.5, 0.6) is 0 Å². The van der Waals surface area contributed by atoms with Gasteiger partial charge < -0.3 is 5.11 Å². The van der Waals surface area contributed by atoms with Gasteiger partial charge in [-0.05, 0) is 27.2 Å². The van der Waals surface area contributed by atoms with E-state index in [1.165, 1.54) is 5.57 Å². The number of carboxylic acids is 1. The maximum absolute atomic E-state index is 11.0. The van der Waals surface area contributed by atoms with E-state index in [9.17, 15) is 4.79 Å². The predicted molar refractivity (Wildman–Crippen MR) is 58.4 cm³/mol. The molecule has 0 bridgehead atoms. The van der Waals surface area contributed by atoms with Gasteiger partial charge in [-0.25, -0.2) is 0 Å². The molecule has 1 unspecified atom stereocenters. The Balaban J connectivity index is 4.24. The normalized spacial score (nSPS) is 14.6. The minimum absolute atomic E-state index is 0.616. The van der Waals surface area contributed by atoms with Crippen LogP contribution in [0.1, 0.15) is 40.5 Å². The monoisotopic (exact) mass is 199 g/mol. The van der Waals surface area contributed by atoms with Crippen molar-refractivity contribution in [2.75, 3.05) is 6.54 Å². The molecule has 0 radical (unpaired) electrons. The molecule has 0 aliphatic carbocycles. The molecule has 0 heterocycles. The number of allylic oxidation sites excluding steroid dienone is 1. The van der Waals surface area contributed by atoms with E-state index in [0.29, 0.717) is 13.0 Å². The molecule has 0 aromatic carbocycles. The highest BCUT2D eigenvalue weighted by atomic mass is 16.4. The number of hydrogen-bond donors (Lipinski definition) is 2. The van der Waals surface area contributed by atoms with Crippen LogP contribution in [0, 0.1) is 0 Å². The van der Waals surface area contributed by atoms with Gasteiger partial charge in [-0.1, -0.05) is 25.0 Å². The van der Waals surface area contributed by atoms with Crippen molar-refractivity contribution in [1.82, 2.24) is 5.32 Å². The molecule has 0 spiro atoms. The van der Waals surface area contributed by atoms with Gasteiger partial charge in [0.15, 0.2) is 0 Å². The Kier molecular flexibility index (Phi) is 5.46. The van der Waals surface area contributed by atoms with E-state index in [0.717, 1.165) is 6.42 Å². The largest absolute Gasteiger partial charge is 0.480 e. The Hall–Kier alpha value is -0.830. The summed E-state index contributed by atoms with van der Waals surface area (Å²) in [6, 6.07) is 0. The Labute approximate surface area is 86.2 Å². The predicted octanol–water partition coefficient (Wildman–Crippen LogP) is 2.19. The van der Waals surface area contributed by atoms with Crippen LogP contribution in [0.3, 0.4) is 0 Å². The number of hydrogen-bond acceptors (Lipinski definition) is 2. The lowest BCUT2D eigenvalue weighted by molar-refractivity contribution is -0.144. The van der Waals surface area contributed by atoms with Gasteiger partial charge >= 0.3 is 5.97 Å². The topological polar surface area (TPSA) is 49.3 Å². The van der Waals surface area contributed by atoms with Gasteiger partial charge in [0, 0.05) is 6.54 Å². The lowest BCUT2D eigenvalue weighted by atomic mass is 9.96. The SMILES string of the molecule is CCCC(C)(NCC=C(C)C)C(=O)O. The third-order valence-electron chi connectivity index (χ3n) is 2.22. The van der Waals surface area contributed by atoms with E-state index < -0.39 is 11.5 Å². The van der Waals surface area contributed by atoms with Gasteiger partial charge in [0.1, 0.15) is 5.54 Å². The highest BCUT2D eigenvalue weighted by Gasteiger charge is 2.30. The molecule has 0 saturated carbocycles. The molecule has 0 saturated heterocycles. The first kappa shape index (κ1) is 13.2. The smallest absolute Gasteiger partial charge is 0.323 e. The quantitative estimate of drug-likeness (QED) is 0.645. The van der Waals surface area contributed by atoms with Crippen LogP contribution >= 0.6 is 0 Å². The van der Waals surface area contributed by atoms with Crippen molar-refractivity contribution in [3.63, 3.8) is 0 Å². The van der Waals surface area contributed by atoms with Crippen molar-refractivity contribution in [3.8, 4) is 0 Å². The van der Waals surface area contributed by atoms with Crippen LogP contribution in [-0.2, 0) is 4.79 Å². The van der Waals surface area contributed by atoms with Crippen molar-refractivity contribution in [2.45, 2.75) is 46.1 Å². The highest BCUT2D eigenvalue weighted by Crippen LogP contribution is 2.12. The van der Waals surface area contributed by atoms with Crippen molar-refractivity contribution >= 4 is 5.97 Å². The van der Waals surface area contributed by atoms with Crippen molar-refractivity contribution in [1.29, 1.82) is 0 Å². The molecule has 0 aliphatic rings. The van der Waals surface area contributed by atoms with Gasteiger partial charge in [-0.3, -0.25) is 10.1 Å². The molecular weight excluding hydrogens is 178 g/mol. The summed E-state index contributed by atoms with van der Waals surface area (Å²) in [6.07, 6.45) is 3.51. The number of rotatable bonds is 6. The second kappa shape index (κ2) is 5.81. The molecule has 14 heavy (non-hydrogen) atoms. The summed E-state index contributed by atoms with van der Waals surface area (Å²) in [6.45, 7) is 8.34. The minimum atomic E-state index is -0.791. The molecule has 0 amide bonds. The van der Waals surface area contributed by atoms with E-state index >= 15 is 0 Å². The van der Waals surface area contributed by atoms with Gasteiger partial charge in [-0.15, -0.1) is 0 Å². The molecule has 0 rings (SSSR count). The van der Waals surface area contributed by atoms with Crippen LogP contribution in [0.25, 0.3) is 0 Å². The van der Waals surface area contributed by atoms with Crippen LogP contribution in [-0.4, -0.2) is 23.2 Å². The fourth-order valence-corrected chi connectivity index (χ4v) is 1.25. The molecule has 0 aliphatic heterocycles. The van der Waals surface area contributed by atoms with E-state index in [4.69, 9.17) is 5.11 Å². The average Bonchev–Trinajstić information content (AvgIpc) is 2.03. The van der Waals surface area contributed by atoms with Gasteiger partial charge in [0.05, 0.1) is 0 Å². The van der Waals surface area contributed by atoms with Crippen molar-refractivity contribution < 1.29 is 9.90 Å². The molecule has 3 nitrogen and oxygen atoms in total. The van der Waals surface area contributed by atoms with Crippen LogP contribution in [0.2, 0.25) is 0 Å². The first-order chi connectivity index (χ1) is 6.42. The van der Waals surface area contributed by atoms with E-state index in [1.807, 2.05) is 26.8 Å². The molecule has 0 aromatic heterocycles. The standard InChI is InChI=1S/C11H21NO2/c1-5-7-11(4,10(13)14)12-8-6-9(2)3/h6,12H,5,7-8H2,1-4H3,(H,13,14). The van der Waals surface area contributed by atoms with Gasteiger partial charge in [0.25, 0.3) is 0 Å². The molecule has 2 N–H and O–H groups in total.